The summed E-state index contributed by atoms with van der Waals surface area (Å²) in [6.45, 7) is 4.83. The van der Waals surface area contributed by atoms with Gasteiger partial charge in [0.25, 0.3) is 5.91 Å². The summed E-state index contributed by atoms with van der Waals surface area (Å²) < 4.78 is 23.0. The zero-order chi connectivity index (χ0) is 24.0. The number of amides is 1. The van der Waals surface area contributed by atoms with Gasteiger partial charge in [-0.3, -0.25) is 9.69 Å². The molecule has 1 unspecified atom stereocenters. The van der Waals surface area contributed by atoms with Crippen molar-refractivity contribution in [2.45, 2.75) is 25.8 Å². The van der Waals surface area contributed by atoms with Crippen LogP contribution in [0.1, 0.15) is 29.3 Å². The summed E-state index contributed by atoms with van der Waals surface area (Å²) in [4.78, 5) is 17.8. The topological polar surface area (TPSA) is 86.5 Å². The average Bonchev–Trinajstić information content (AvgIpc) is 2.84. The van der Waals surface area contributed by atoms with Gasteiger partial charge in [0.15, 0.2) is 11.5 Å². The highest BCUT2D eigenvalue weighted by Crippen LogP contribution is 2.48. The maximum atomic E-state index is 13.6. The lowest BCUT2D eigenvalue weighted by atomic mass is 10.1. The van der Waals surface area contributed by atoms with Crippen molar-refractivity contribution in [2.75, 3.05) is 54.6 Å². The van der Waals surface area contributed by atoms with E-state index < -0.39 is 0 Å². The molecule has 0 spiro atoms. The van der Waals surface area contributed by atoms with E-state index in [1.807, 2.05) is 29.2 Å². The minimum absolute atomic E-state index is 0.123. The summed E-state index contributed by atoms with van der Waals surface area (Å²) in [5.41, 5.74) is 7.14. The van der Waals surface area contributed by atoms with Crippen molar-refractivity contribution >= 4 is 5.91 Å². The lowest BCUT2D eigenvalue weighted by Crippen LogP contribution is -2.53. The number of carbonyl (C=O) groups is 1. The Balaban J connectivity index is 2.00. The van der Waals surface area contributed by atoms with E-state index in [4.69, 9.17) is 24.7 Å². The summed E-state index contributed by atoms with van der Waals surface area (Å²) in [5.74, 6) is 1.89. The first-order valence-electron chi connectivity index (χ1n) is 11.3. The van der Waals surface area contributed by atoms with Gasteiger partial charge in [0, 0.05) is 31.7 Å². The Morgan fingerprint density at radius 1 is 1.03 bits per heavy atom. The normalized spacial score (nSPS) is 16.4. The lowest BCUT2D eigenvalue weighted by molar-refractivity contribution is 0.0538. The SMILES string of the molecule is CCC1CN(C(=O)c2cc(Oc3ccc(CCN)cc3)c(OC)c(OC)c2OC)CCN1C. The second kappa shape index (κ2) is 11.2. The van der Waals surface area contributed by atoms with E-state index in [-0.39, 0.29) is 5.91 Å². The third kappa shape index (κ3) is 5.34. The number of hydrogen-bond acceptors (Lipinski definition) is 7. The molecule has 1 amide bonds. The van der Waals surface area contributed by atoms with Gasteiger partial charge in [-0.25, -0.2) is 0 Å². The maximum absolute atomic E-state index is 13.6. The molecule has 33 heavy (non-hydrogen) atoms. The number of rotatable bonds is 9. The molecule has 1 atom stereocenters. The molecule has 1 saturated heterocycles. The standard InChI is InChI=1S/C25H35N3O5/c1-6-18-16-28(14-13-27(18)2)25(29)20-15-21(23(31-4)24(32-5)22(20)30-3)33-19-9-7-17(8-10-19)11-12-26/h7-10,15,18H,6,11-14,16,26H2,1-5H3. The number of nitrogens with two attached hydrogens (primary N) is 1. The predicted octanol–water partition coefficient (Wildman–Crippen LogP) is 3.17. The molecule has 2 aromatic rings. The molecule has 180 valence electrons. The second-order valence-corrected chi connectivity index (χ2v) is 8.10. The zero-order valence-corrected chi connectivity index (χ0v) is 20.2. The van der Waals surface area contributed by atoms with Gasteiger partial charge in [0.1, 0.15) is 5.75 Å². The first-order valence-corrected chi connectivity index (χ1v) is 11.3. The number of piperazine rings is 1. The van der Waals surface area contributed by atoms with Crippen LogP contribution in [0.2, 0.25) is 0 Å². The number of methoxy groups -OCH3 is 3. The number of carbonyl (C=O) groups excluding carboxylic acids is 1. The molecule has 0 bridgehead atoms. The molecule has 1 heterocycles. The molecule has 1 aliphatic rings. The number of ether oxygens (including phenoxy) is 4. The van der Waals surface area contributed by atoms with Crippen LogP contribution in [0.5, 0.6) is 28.7 Å². The monoisotopic (exact) mass is 457 g/mol. The van der Waals surface area contributed by atoms with Crippen molar-refractivity contribution in [3.63, 3.8) is 0 Å². The van der Waals surface area contributed by atoms with Crippen molar-refractivity contribution < 1.29 is 23.7 Å². The Hall–Kier alpha value is -2.97. The summed E-state index contributed by atoms with van der Waals surface area (Å²) in [6, 6.07) is 9.67. The summed E-state index contributed by atoms with van der Waals surface area (Å²) in [5, 5.41) is 0. The van der Waals surface area contributed by atoms with E-state index in [1.165, 1.54) is 21.3 Å². The quantitative estimate of drug-likeness (QED) is 0.619. The fraction of sp³-hybridized carbons (Fsp3) is 0.480. The minimum Gasteiger partial charge on any atom is -0.492 e. The van der Waals surface area contributed by atoms with Gasteiger partial charge in [-0.2, -0.15) is 0 Å². The average molecular weight is 458 g/mol. The minimum atomic E-state index is -0.123. The van der Waals surface area contributed by atoms with Crippen LogP contribution in [0.3, 0.4) is 0 Å². The smallest absolute Gasteiger partial charge is 0.258 e. The number of likely N-dealkylation sites (N-methyl/N-ethyl adjacent to an activating group) is 1. The molecule has 2 N–H and O–H groups in total. The molecular formula is C25H35N3O5. The van der Waals surface area contributed by atoms with Crippen LogP contribution in [-0.2, 0) is 6.42 Å². The first-order chi connectivity index (χ1) is 16.0. The highest BCUT2D eigenvalue weighted by Gasteiger charge is 2.32. The van der Waals surface area contributed by atoms with Crippen LogP contribution in [-0.4, -0.2) is 76.3 Å². The Labute approximate surface area is 196 Å². The molecule has 8 heteroatoms. The fourth-order valence-corrected chi connectivity index (χ4v) is 4.17. The molecule has 3 rings (SSSR count). The van der Waals surface area contributed by atoms with Gasteiger partial charge in [-0.1, -0.05) is 19.1 Å². The van der Waals surface area contributed by atoms with E-state index in [0.717, 1.165) is 24.9 Å². The van der Waals surface area contributed by atoms with Crippen LogP contribution < -0.4 is 24.7 Å². The maximum Gasteiger partial charge on any atom is 0.258 e. The van der Waals surface area contributed by atoms with Gasteiger partial charge in [-0.15, -0.1) is 0 Å². The van der Waals surface area contributed by atoms with E-state index in [2.05, 4.69) is 18.9 Å². The van der Waals surface area contributed by atoms with Crippen molar-refractivity contribution in [1.29, 1.82) is 0 Å². The fourth-order valence-electron chi connectivity index (χ4n) is 4.17. The zero-order valence-electron chi connectivity index (χ0n) is 20.2. The third-order valence-corrected chi connectivity index (χ3v) is 6.12. The Morgan fingerprint density at radius 3 is 2.27 bits per heavy atom. The number of hydrogen-bond donors (Lipinski definition) is 1. The Kier molecular flexibility index (Phi) is 8.41. The van der Waals surface area contributed by atoms with Gasteiger partial charge in [0.2, 0.25) is 11.5 Å². The van der Waals surface area contributed by atoms with Crippen LogP contribution in [0.25, 0.3) is 0 Å². The van der Waals surface area contributed by atoms with Gasteiger partial charge in [-0.05, 0) is 44.1 Å². The van der Waals surface area contributed by atoms with Crippen LogP contribution in [0.15, 0.2) is 30.3 Å². The molecule has 1 aliphatic heterocycles. The third-order valence-electron chi connectivity index (χ3n) is 6.12. The summed E-state index contributed by atoms with van der Waals surface area (Å²) in [7, 11) is 6.66. The van der Waals surface area contributed by atoms with Gasteiger partial charge in [0.05, 0.1) is 26.9 Å². The highest BCUT2D eigenvalue weighted by molar-refractivity contribution is 5.99. The van der Waals surface area contributed by atoms with Crippen molar-refractivity contribution in [3.05, 3.63) is 41.5 Å². The summed E-state index contributed by atoms with van der Waals surface area (Å²) in [6.07, 6.45) is 1.76. The van der Waals surface area contributed by atoms with Crippen LogP contribution in [0, 0.1) is 0 Å². The molecule has 8 nitrogen and oxygen atoms in total. The van der Waals surface area contributed by atoms with Crippen molar-refractivity contribution in [1.82, 2.24) is 9.80 Å². The van der Waals surface area contributed by atoms with E-state index in [0.29, 0.717) is 60.0 Å². The summed E-state index contributed by atoms with van der Waals surface area (Å²) >= 11 is 0. The van der Waals surface area contributed by atoms with Gasteiger partial charge >= 0.3 is 0 Å². The molecule has 0 aromatic heterocycles. The van der Waals surface area contributed by atoms with Crippen molar-refractivity contribution in [3.8, 4) is 28.7 Å². The Bertz CT molecular complexity index is 948. The van der Waals surface area contributed by atoms with E-state index in [9.17, 15) is 4.79 Å². The van der Waals surface area contributed by atoms with Crippen LogP contribution in [0.4, 0.5) is 0 Å². The molecule has 0 radical (unpaired) electrons. The van der Waals surface area contributed by atoms with Crippen LogP contribution >= 0.6 is 0 Å². The van der Waals surface area contributed by atoms with Crippen molar-refractivity contribution in [2.24, 2.45) is 5.73 Å². The first kappa shape index (κ1) is 24.7. The number of nitrogens with zero attached hydrogens (tertiary/aromatic N) is 2. The predicted molar refractivity (Wildman–Crippen MR) is 128 cm³/mol. The number of benzene rings is 2. The molecular weight excluding hydrogens is 422 g/mol. The highest BCUT2D eigenvalue weighted by atomic mass is 16.5. The van der Waals surface area contributed by atoms with E-state index in [1.54, 1.807) is 6.07 Å². The molecule has 0 saturated carbocycles. The van der Waals surface area contributed by atoms with Gasteiger partial charge < -0.3 is 29.6 Å². The Morgan fingerprint density at radius 2 is 1.70 bits per heavy atom. The lowest BCUT2D eigenvalue weighted by Gasteiger charge is -2.39. The van der Waals surface area contributed by atoms with E-state index >= 15 is 0 Å². The molecule has 1 fully saturated rings. The second-order valence-electron chi connectivity index (χ2n) is 8.10. The molecule has 0 aliphatic carbocycles. The largest absolute Gasteiger partial charge is 0.492 e. The molecule has 2 aromatic carbocycles.